The number of nitrogens with one attached hydrogen (secondary N) is 1. The molecular weight excluding hydrogens is 262 g/mol. The predicted molar refractivity (Wildman–Crippen MR) is 83.0 cm³/mol. The van der Waals surface area contributed by atoms with Gasteiger partial charge in [0, 0.05) is 12.6 Å². The lowest BCUT2D eigenvalue weighted by atomic mass is 10.2. The summed E-state index contributed by atoms with van der Waals surface area (Å²) in [4.78, 5) is 16.8. The molecule has 0 aliphatic carbocycles. The largest absolute Gasteiger partial charge is 0.342 e. The first-order chi connectivity index (χ1) is 10.2. The molecule has 21 heavy (non-hydrogen) atoms. The number of carbonyl (C=O) groups excluding carboxylic acids is 1. The summed E-state index contributed by atoms with van der Waals surface area (Å²) >= 11 is 0. The number of amides is 1. The highest BCUT2D eigenvalue weighted by Crippen LogP contribution is 2.19. The van der Waals surface area contributed by atoms with Gasteiger partial charge in [-0.2, -0.15) is 0 Å². The van der Waals surface area contributed by atoms with Crippen LogP contribution in [0, 0.1) is 0 Å². The molecule has 0 radical (unpaired) electrons. The van der Waals surface area contributed by atoms with Crippen molar-refractivity contribution in [2.24, 2.45) is 7.05 Å². The molecule has 106 valence electrons. The zero-order valence-corrected chi connectivity index (χ0v) is 12.1. The Labute approximate surface area is 123 Å². The highest BCUT2D eigenvalue weighted by atomic mass is 16.1. The lowest BCUT2D eigenvalue weighted by Gasteiger charge is -2.14. The van der Waals surface area contributed by atoms with E-state index in [1.54, 1.807) is 12.1 Å². The molecule has 0 spiro atoms. The van der Waals surface area contributed by atoms with Gasteiger partial charge in [0.1, 0.15) is 5.82 Å². The van der Waals surface area contributed by atoms with Crippen LogP contribution in [-0.4, -0.2) is 15.5 Å². The Balaban J connectivity index is 1.86. The average molecular weight is 279 g/mol. The first kappa shape index (κ1) is 13.4. The van der Waals surface area contributed by atoms with Crippen molar-refractivity contribution in [3.63, 3.8) is 0 Å². The Kier molecular flexibility index (Phi) is 3.44. The number of aryl methyl sites for hydroxylation is 1. The molecule has 1 aromatic heterocycles. The molecule has 2 aromatic carbocycles. The van der Waals surface area contributed by atoms with Crippen molar-refractivity contribution in [3.8, 4) is 0 Å². The summed E-state index contributed by atoms with van der Waals surface area (Å²) in [6.45, 7) is 1.95. The van der Waals surface area contributed by atoms with Gasteiger partial charge in [-0.25, -0.2) is 4.98 Å². The van der Waals surface area contributed by atoms with E-state index in [1.165, 1.54) is 0 Å². The van der Waals surface area contributed by atoms with E-state index in [9.17, 15) is 4.79 Å². The number of rotatable bonds is 3. The third-order valence-corrected chi connectivity index (χ3v) is 3.59. The normalized spacial score (nSPS) is 12.3. The maximum absolute atomic E-state index is 12.2. The van der Waals surface area contributed by atoms with Crippen molar-refractivity contribution in [1.29, 1.82) is 0 Å². The van der Waals surface area contributed by atoms with E-state index in [-0.39, 0.29) is 11.9 Å². The van der Waals surface area contributed by atoms with Gasteiger partial charge >= 0.3 is 0 Å². The van der Waals surface area contributed by atoms with E-state index in [0.29, 0.717) is 5.56 Å². The molecule has 0 aliphatic rings. The molecule has 0 bridgehead atoms. The van der Waals surface area contributed by atoms with Crippen molar-refractivity contribution in [3.05, 3.63) is 66.0 Å². The third-order valence-electron chi connectivity index (χ3n) is 3.59. The van der Waals surface area contributed by atoms with E-state index in [4.69, 9.17) is 0 Å². The van der Waals surface area contributed by atoms with Gasteiger partial charge in [-0.3, -0.25) is 4.79 Å². The van der Waals surface area contributed by atoms with Crippen LogP contribution in [0.15, 0.2) is 54.6 Å². The number of carbonyl (C=O) groups is 1. The molecule has 0 unspecified atom stereocenters. The summed E-state index contributed by atoms with van der Waals surface area (Å²) in [7, 11) is 1.97. The van der Waals surface area contributed by atoms with E-state index in [0.717, 1.165) is 16.9 Å². The van der Waals surface area contributed by atoms with Crippen LogP contribution in [0.2, 0.25) is 0 Å². The number of hydrogen-bond acceptors (Lipinski definition) is 2. The Morgan fingerprint density at radius 1 is 1.10 bits per heavy atom. The smallest absolute Gasteiger partial charge is 0.251 e. The van der Waals surface area contributed by atoms with Crippen LogP contribution in [-0.2, 0) is 7.05 Å². The van der Waals surface area contributed by atoms with Crippen LogP contribution < -0.4 is 5.32 Å². The zero-order chi connectivity index (χ0) is 14.8. The second-order valence-corrected chi connectivity index (χ2v) is 5.08. The van der Waals surface area contributed by atoms with E-state index in [1.807, 2.05) is 61.0 Å². The van der Waals surface area contributed by atoms with Crippen LogP contribution in [0.3, 0.4) is 0 Å². The van der Waals surface area contributed by atoms with Gasteiger partial charge in [0.25, 0.3) is 5.91 Å². The van der Waals surface area contributed by atoms with Crippen LogP contribution in [0.4, 0.5) is 0 Å². The molecule has 1 amide bonds. The van der Waals surface area contributed by atoms with Crippen LogP contribution in [0.1, 0.15) is 29.1 Å². The predicted octanol–water partition coefficient (Wildman–Crippen LogP) is 3.06. The van der Waals surface area contributed by atoms with Crippen LogP contribution in [0.5, 0.6) is 0 Å². The number of para-hydroxylation sites is 2. The van der Waals surface area contributed by atoms with Gasteiger partial charge < -0.3 is 9.88 Å². The standard InChI is InChI=1S/C17H17N3O/c1-12(18-17(21)13-8-4-3-5-9-13)16-19-14-10-6-7-11-15(14)20(16)2/h3-12H,1-2H3,(H,18,21)/t12-/m0/s1. The number of nitrogens with zero attached hydrogens (tertiary/aromatic N) is 2. The monoisotopic (exact) mass is 279 g/mol. The first-order valence-electron chi connectivity index (χ1n) is 6.94. The number of fused-ring (bicyclic) bond motifs is 1. The molecule has 0 aliphatic heterocycles. The SMILES string of the molecule is C[C@H](NC(=O)c1ccccc1)c1nc2ccccc2n1C. The molecule has 1 heterocycles. The van der Waals surface area contributed by atoms with Gasteiger partial charge in [-0.1, -0.05) is 30.3 Å². The molecule has 3 aromatic rings. The van der Waals surface area contributed by atoms with Gasteiger partial charge in [-0.05, 0) is 31.2 Å². The molecule has 0 saturated carbocycles. The van der Waals surface area contributed by atoms with Crippen molar-refractivity contribution in [1.82, 2.24) is 14.9 Å². The van der Waals surface area contributed by atoms with Gasteiger partial charge in [0.2, 0.25) is 0 Å². The molecule has 0 fully saturated rings. The summed E-state index contributed by atoms with van der Waals surface area (Å²) < 4.78 is 2.02. The molecule has 4 nitrogen and oxygen atoms in total. The minimum atomic E-state index is -0.157. The lowest BCUT2D eigenvalue weighted by Crippen LogP contribution is -2.28. The maximum atomic E-state index is 12.2. The first-order valence-corrected chi connectivity index (χ1v) is 6.94. The zero-order valence-electron chi connectivity index (χ0n) is 12.1. The number of hydrogen-bond donors (Lipinski definition) is 1. The van der Waals surface area contributed by atoms with Crippen molar-refractivity contribution in [2.45, 2.75) is 13.0 Å². The maximum Gasteiger partial charge on any atom is 0.251 e. The molecule has 4 heteroatoms. The summed E-state index contributed by atoms with van der Waals surface area (Å²) in [5.74, 6) is 0.760. The topological polar surface area (TPSA) is 46.9 Å². The fraction of sp³-hybridized carbons (Fsp3) is 0.176. The molecule has 0 saturated heterocycles. The molecule has 3 rings (SSSR count). The summed E-state index contributed by atoms with van der Waals surface area (Å²) in [5, 5.41) is 2.99. The Morgan fingerprint density at radius 2 is 1.76 bits per heavy atom. The van der Waals surface area contributed by atoms with Crippen molar-refractivity contribution < 1.29 is 4.79 Å². The van der Waals surface area contributed by atoms with Crippen molar-refractivity contribution >= 4 is 16.9 Å². The van der Waals surface area contributed by atoms with E-state index in [2.05, 4.69) is 10.3 Å². The van der Waals surface area contributed by atoms with Gasteiger partial charge in [-0.15, -0.1) is 0 Å². The summed E-state index contributed by atoms with van der Waals surface area (Å²) in [6, 6.07) is 17.0. The minimum absolute atomic E-state index is 0.0878. The average Bonchev–Trinajstić information content (AvgIpc) is 2.86. The van der Waals surface area contributed by atoms with Crippen molar-refractivity contribution in [2.75, 3.05) is 0 Å². The summed E-state index contributed by atoms with van der Waals surface area (Å²) in [5.41, 5.74) is 2.66. The Morgan fingerprint density at radius 3 is 2.48 bits per heavy atom. The Hall–Kier alpha value is -2.62. The second-order valence-electron chi connectivity index (χ2n) is 5.08. The van der Waals surface area contributed by atoms with Gasteiger partial charge in [0.05, 0.1) is 17.1 Å². The number of aromatic nitrogens is 2. The fourth-order valence-corrected chi connectivity index (χ4v) is 2.49. The third kappa shape index (κ3) is 2.52. The minimum Gasteiger partial charge on any atom is -0.342 e. The van der Waals surface area contributed by atoms with Crippen LogP contribution in [0.25, 0.3) is 11.0 Å². The highest BCUT2D eigenvalue weighted by Gasteiger charge is 2.16. The fourth-order valence-electron chi connectivity index (χ4n) is 2.49. The van der Waals surface area contributed by atoms with E-state index >= 15 is 0 Å². The second kappa shape index (κ2) is 5.40. The molecule has 1 atom stereocenters. The Bertz CT molecular complexity index is 777. The molecular formula is C17H17N3O. The highest BCUT2D eigenvalue weighted by molar-refractivity contribution is 5.94. The summed E-state index contributed by atoms with van der Waals surface area (Å²) in [6.07, 6.45) is 0. The lowest BCUT2D eigenvalue weighted by molar-refractivity contribution is 0.0938. The van der Waals surface area contributed by atoms with Crippen LogP contribution >= 0.6 is 0 Å². The quantitative estimate of drug-likeness (QED) is 0.801. The number of benzene rings is 2. The number of imidazole rings is 1. The van der Waals surface area contributed by atoms with E-state index < -0.39 is 0 Å². The van der Waals surface area contributed by atoms with Gasteiger partial charge in [0.15, 0.2) is 0 Å². The molecule has 1 N–H and O–H groups in total.